The fourth-order valence-electron chi connectivity index (χ4n) is 1.59. The van der Waals surface area contributed by atoms with E-state index in [0.717, 1.165) is 17.0 Å². The van der Waals surface area contributed by atoms with E-state index < -0.39 is 31.1 Å². The molecule has 1 aromatic rings. The second-order valence-corrected chi connectivity index (χ2v) is 8.38. The van der Waals surface area contributed by atoms with Gasteiger partial charge in [0.2, 0.25) is 15.0 Å². The van der Waals surface area contributed by atoms with Crippen LogP contribution >= 0.6 is 0 Å². The third-order valence-electron chi connectivity index (χ3n) is 2.89. The Bertz CT molecular complexity index is 761. The monoisotopic (exact) mass is 364 g/mol. The zero-order valence-corrected chi connectivity index (χ0v) is 14.7. The predicted molar refractivity (Wildman–Crippen MR) is 86.1 cm³/mol. The highest BCUT2D eigenvalue weighted by Crippen LogP contribution is 2.23. The molecule has 0 spiro atoms. The van der Waals surface area contributed by atoms with Gasteiger partial charge >= 0.3 is 6.03 Å². The highest BCUT2D eigenvalue weighted by Gasteiger charge is 2.27. The number of nitrogens with zero attached hydrogens (tertiary/aromatic N) is 2. The number of carbonyl (C=O) groups is 1. The van der Waals surface area contributed by atoms with Crippen molar-refractivity contribution in [3.8, 4) is 0 Å². The predicted octanol–water partition coefficient (Wildman–Crippen LogP) is 0.265. The summed E-state index contributed by atoms with van der Waals surface area (Å²) in [4.78, 5) is 15.3. The minimum atomic E-state index is -4.31. The van der Waals surface area contributed by atoms with E-state index in [9.17, 15) is 21.6 Å². The summed E-state index contributed by atoms with van der Waals surface area (Å²) in [6.45, 7) is 2.26. The van der Waals surface area contributed by atoms with Crippen molar-refractivity contribution in [3.05, 3.63) is 18.3 Å². The summed E-state index contributed by atoms with van der Waals surface area (Å²) in [5, 5.41) is 1.86. The Balaban J connectivity index is 3.08. The van der Waals surface area contributed by atoms with Crippen molar-refractivity contribution in [2.45, 2.75) is 24.8 Å². The summed E-state index contributed by atoms with van der Waals surface area (Å²) in [7, 11) is -6.79. The standard InChI is InChI=1S/C12H20N4O5S2/c1-4-5-8-14-12(17)15-23(20,21)11-10(7-6-9-13-11)16(2)22(3,18)19/h6-7,9H,4-5,8H2,1-3H3,(H2,14,15,17). The first-order chi connectivity index (χ1) is 10.6. The molecule has 0 saturated carbocycles. The molecule has 1 rings (SSSR count). The largest absolute Gasteiger partial charge is 0.337 e. The van der Waals surface area contributed by atoms with E-state index in [0.29, 0.717) is 13.0 Å². The summed E-state index contributed by atoms with van der Waals surface area (Å²) >= 11 is 0. The Morgan fingerprint density at radius 1 is 1.30 bits per heavy atom. The minimum absolute atomic E-state index is 0.149. The molecule has 11 heteroatoms. The van der Waals surface area contributed by atoms with Gasteiger partial charge in [-0.1, -0.05) is 13.3 Å². The number of unbranched alkanes of at least 4 members (excludes halogenated alkanes) is 1. The van der Waals surface area contributed by atoms with E-state index in [4.69, 9.17) is 0 Å². The fourth-order valence-corrected chi connectivity index (χ4v) is 3.25. The highest BCUT2D eigenvalue weighted by atomic mass is 32.2. The number of hydrogen-bond donors (Lipinski definition) is 2. The Hall–Kier alpha value is -1.88. The molecule has 2 N–H and O–H groups in total. The number of hydrogen-bond acceptors (Lipinski definition) is 6. The third kappa shape index (κ3) is 5.36. The molecule has 0 aliphatic heterocycles. The smallest absolute Gasteiger partial charge is 0.328 e. The van der Waals surface area contributed by atoms with E-state index in [1.165, 1.54) is 25.4 Å². The average molecular weight is 364 g/mol. The maximum absolute atomic E-state index is 12.3. The highest BCUT2D eigenvalue weighted by molar-refractivity contribution is 7.92. The van der Waals surface area contributed by atoms with Crippen molar-refractivity contribution >= 4 is 31.8 Å². The van der Waals surface area contributed by atoms with Crippen molar-refractivity contribution in [2.75, 3.05) is 24.2 Å². The number of amides is 2. The second kappa shape index (κ2) is 7.59. The van der Waals surface area contributed by atoms with Gasteiger partial charge in [0.25, 0.3) is 10.0 Å². The lowest BCUT2D eigenvalue weighted by molar-refractivity contribution is 0.245. The lowest BCUT2D eigenvalue weighted by atomic mass is 10.3. The maximum Gasteiger partial charge on any atom is 0.328 e. The Morgan fingerprint density at radius 2 is 1.96 bits per heavy atom. The molecule has 0 aliphatic rings. The average Bonchev–Trinajstić information content (AvgIpc) is 2.45. The second-order valence-electron chi connectivity index (χ2n) is 4.77. The molecule has 0 unspecified atom stereocenters. The van der Waals surface area contributed by atoms with Crippen molar-refractivity contribution < 1.29 is 21.6 Å². The van der Waals surface area contributed by atoms with Gasteiger partial charge in [-0.2, -0.15) is 8.42 Å². The van der Waals surface area contributed by atoms with Crippen LogP contribution in [0.1, 0.15) is 19.8 Å². The van der Waals surface area contributed by atoms with Crippen LogP contribution < -0.4 is 14.3 Å². The van der Waals surface area contributed by atoms with Crippen LogP contribution in [0.2, 0.25) is 0 Å². The van der Waals surface area contributed by atoms with E-state index in [2.05, 4.69) is 10.3 Å². The SMILES string of the molecule is CCCCNC(=O)NS(=O)(=O)c1ncccc1N(C)S(C)(=O)=O. The van der Waals surface area contributed by atoms with Crippen LogP contribution in [0.5, 0.6) is 0 Å². The number of nitrogens with one attached hydrogen (secondary N) is 2. The van der Waals surface area contributed by atoms with E-state index in [-0.39, 0.29) is 5.69 Å². The Morgan fingerprint density at radius 3 is 2.52 bits per heavy atom. The van der Waals surface area contributed by atoms with Gasteiger partial charge in [0.05, 0.1) is 11.9 Å². The van der Waals surface area contributed by atoms with Crippen molar-refractivity contribution in [1.82, 2.24) is 15.0 Å². The van der Waals surface area contributed by atoms with Gasteiger partial charge in [0, 0.05) is 19.8 Å². The molecule has 23 heavy (non-hydrogen) atoms. The molecule has 0 bridgehead atoms. The molecule has 2 amide bonds. The van der Waals surface area contributed by atoms with Crippen LogP contribution in [0.25, 0.3) is 0 Å². The van der Waals surface area contributed by atoms with Crippen LogP contribution in [0.3, 0.4) is 0 Å². The molecule has 0 saturated heterocycles. The first-order valence-corrected chi connectivity index (χ1v) is 10.1. The summed E-state index contributed by atoms with van der Waals surface area (Å²) in [5.41, 5.74) is -0.149. The van der Waals surface area contributed by atoms with Gasteiger partial charge in [-0.15, -0.1) is 0 Å². The van der Waals surface area contributed by atoms with Gasteiger partial charge in [-0.3, -0.25) is 4.31 Å². The lowest BCUT2D eigenvalue weighted by Crippen LogP contribution is -2.40. The van der Waals surface area contributed by atoms with Crippen molar-refractivity contribution in [1.29, 1.82) is 0 Å². The maximum atomic E-state index is 12.3. The third-order valence-corrected chi connectivity index (χ3v) is 5.35. The number of aromatic nitrogens is 1. The topological polar surface area (TPSA) is 126 Å². The van der Waals surface area contributed by atoms with Crippen LogP contribution in [0.4, 0.5) is 10.5 Å². The fraction of sp³-hybridized carbons (Fsp3) is 0.500. The normalized spacial score (nSPS) is 11.8. The summed E-state index contributed by atoms with van der Waals surface area (Å²) in [6, 6.07) is 1.80. The molecular weight excluding hydrogens is 344 g/mol. The van der Waals surface area contributed by atoms with Gasteiger partial charge in [-0.25, -0.2) is 22.9 Å². The Kier molecular flexibility index (Phi) is 6.33. The first kappa shape index (κ1) is 19.2. The summed E-state index contributed by atoms with van der Waals surface area (Å²) in [5.74, 6) is 0. The molecule has 0 atom stereocenters. The zero-order valence-electron chi connectivity index (χ0n) is 13.1. The molecule has 9 nitrogen and oxygen atoms in total. The van der Waals surface area contributed by atoms with Crippen LogP contribution in [-0.2, 0) is 20.0 Å². The summed E-state index contributed by atoms with van der Waals surface area (Å²) < 4.78 is 50.4. The van der Waals surface area contributed by atoms with Gasteiger partial charge in [0.1, 0.15) is 0 Å². The molecule has 130 valence electrons. The van der Waals surface area contributed by atoms with Gasteiger partial charge in [-0.05, 0) is 18.6 Å². The quantitative estimate of drug-likeness (QED) is 0.669. The number of pyridine rings is 1. The Labute approximate surface area is 136 Å². The zero-order chi connectivity index (χ0) is 17.7. The number of sulfonamides is 2. The van der Waals surface area contributed by atoms with Gasteiger partial charge in [0.15, 0.2) is 0 Å². The molecule has 0 aliphatic carbocycles. The minimum Gasteiger partial charge on any atom is -0.337 e. The number of rotatable bonds is 7. The molecule has 0 radical (unpaired) electrons. The van der Waals surface area contributed by atoms with E-state index in [1.807, 2.05) is 11.6 Å². The molecule has 0 fully saturated rings. The molecule has 1 aromatic heterocycles. The van der Waals surface area contributed by atoms with Crippen molar-refractivity contribution in [2.24, 2.45) is 0 Å². The first-order valence-electron chi connectivity index (χ1n) is 6.79. The van der Waals surface area contributed by atoms with Crippen LogP contribution in [0.15, 0.2) is 23.4 Å². The number of urea groups is 1. The molecular formula is C12H20N4O5S2. The van der Waals surface area contributed by atoms with E-state index >= 15 is 0 Å². The van der Waals surface area contributed by atoms with Gasteiger partial charge < -0.3 is 5.32 Å². The number of carbonyl (C=O) groups excluding carboxylic acids is 1. The number of anilines is 1. The van der Waals surface area contributed by atoms with E-state index in [1.54, 1.807) is 0 Å². The summed E-state index contributed by atoms with van der Waals surface area (Å²) in [6.07, 6.45) is 3.68. The van der Waals surface area contributed by atoms with Crippen LogP contribution in [-0.4, -0.2) is 47.7 Å². The molecule has 1 heterocycles. The van der Waals surface area contributed by atoms with Crippen LogP contribution in [0, 0.1) is 0 Å². The molecule has 0 aromatic carbocycles. The lowest BCUT2D eigenvalue weighted by Gasteiger charge is -2.19. The van der Waals surface area contributed by atoms with Crippen molar-refractivity contribution in [3.63, 3.8) is 0 Å².